The van der Waals surface area contributed by atoms with Gasteiger partial charge in [-0.1, -0.05) is 12.1 Å². The maximum absolute atomic E-state index is 14.1. The van der Waals surface area contributed by atoms with Crippen molar-refractivity contribution in [3.63, 3.8) is 0 Å². The Morgan fingerprint density at radius 1 is 1.24 bits per heavy atom. The second-order valence-corrected chi connectivity index (χ2v) is 4.04. The van der Waals surface area contributed by atoms with Crippen LogP contribution in [0.15, 0.2) is 36.5 Å². The van der Waals surface area contributed by atoms with Crippen molar-refractivity contribution in [1.29, 1.82) is 5.26 Å². The molecule has 108 valence electrons. The number of nitriles is 1. The molecular formula is C14H8F4N2O. The average Bonchev–Trinajstić information content (AvgIpc) is 2.40. The lowest BCUT2D eigenvalue weighted by Gasteiger charge is -2.10. The molecule has 0 aliphatic rings. The molecule has 1 aromatic carbocycles. The fraction of sp³-hybridized carbons (Fsp3) is 0.143. The third-order valence-corrected chi connectivity index (χ3v) is 2.58. The Labute approximate surface area is 117 Å². The summed E-state index contributed by atoms with van der Waals surface area (Å²) in [5.74, 6) is -1.20. The first kappa shape index (κ1) is 14.8. The molecule has 0 aliphatic carbocycles. The van der Waals surface area contributed by atoms with Crippen molar-refractivity contribution in [1.82, 2.24) is 4.98 Å². The summed E-state index contributed by atoms with van der Waals surface area (Å²) in [4.78, 5) is 3.81. The summed E-state index contributed by atoms with van der Waals surface area (Å²) in [6, 6.07) is 8.00. The fourth-order valence-corrected chi connectivity index (χ4v) is 1.75. The summed E-state index contributed by atoms with van der Waals surface area (Å²) in [6.45, 7) is 0. The van der Waals surface area contributed by atoms with Crippen molar-refractivity contribution in [3.8, 4) is 23.1 Å². The van der Waals surface area contributed by atoms with Gasteiger partial charge >= 0.3 is 6.36 Å². The normalized spacial score (nSPS) is 11.0. The van der Waals surface area contributed by atoms with Gasteiger partial charge in [0.25, 0.3) is 0 Å². The van der Waals surface area contributed by atoms with E-state index >= 15 is 0 Å². The first-order chi connectivity index (χ1) is 9.90. The third-order valence-electron chi connectivity index (χ3n) is 2.58. The van der Waals surface area contributed by atoms with Gasteiger partial charge in [-0.3, -0.25) is 4.98 Å². The van der Waals surface area contributed by atoms with Crippen molar-refractivity contribution < 1.29 is 22.3 Å². The first-order valence-corrected chi connectivity index (χ1v) is 5.77. The van der Waals surface area contributed by atoms with E-state index in [1.54, 1.807) is 6.07 Å². The lowest BCUT2D eigenvalue weighted by Crippen LogP contribution is -2.17. The van der Waals surface area contributed by atoms with Crippen LogP contribution in [0, 0.1) is 17.1 Å². The molecule has 0 unspecified atom stereocenters. The number of alkyl halides is 3. The van der Waals surface area contributed by atoms with Gasteiger partial charge in [0, 0.05) is 17.3 Å². The van der Waals surface area contributed by atoms with Gasteiger partial charge in [0.2, 0.25) is 0 Å². The minimum atomic E-state index is -4.83. The Balaban J connectivity index is 2.41. The van der Waals surface area contributed by atoms with Gasteiger partial charge < -0.3 is 4.74 Å². The molecule has 0 saturated carbocycles. The Morgan fingerprint density at radius 2 is 2.00 bits per heavy atom. The molecule has 2 aromatic rings. The predicted octanol–water partition coefficient (Wildman–Crippen LogP) is 3.85. The first-order valence-electron chi connectivity index (χ1n) is 5.77. The number of ether oxygens (including phenoxy) is 1. The quantitative estimate of drug-likeness (QED) is 0.808. The van der Waals surface area contributed by atoms with Gasteiger partial charge in [-0.05, 0) is 18.2 Å². The molecule has 0 N–H and O–H groups in total. The van der Waals surface area contributed by atoms with Crippen LogP contribution in [0.4, 0.5) is 17.6 Å². The Hall–Kier alpha value is -2.62. The molecule has 2 rings (SSSR count). The molecule has 1 heterocycles. The van der Waals surface area contributed by atoms with Crippen LogP contribution in [0.25, 0.3) is 11.3 Å². The molecule has 0 fully saturated rings. The van der Waals surface area contributed by atoms with Crippen LogP contribution in [0.3, 0.4) is 0 Å². The van der Waals surface area contributed by atoms with Crippen LogP contribution in [0.5, 0.6) is 5.75 Å². The summed E-state index contributed by atoms with van der Waals surface area (Å²) in [5.41, 5.74) is 0.133. The number of aromatic nitrogens is 1. The third kappa shape index (κ3) is 3.69. The molecule has 7 heteroatoms. The zero-order chi connectivity index (χ0) is 15.5. The van der Waals surface area contributed by atoms with Crippen LogP contribution in [0.2, 0.25) is 0 Å². The molecule has 21 heavy (non-hydrogen) atoms. The Kier molecular flexibility index (Phi) is 4.08. The second-order valence-electron chi connectivity index (χ2n) is 4.04. The molecule has 1 aromatic heterocycles. The minimum Gasteiger partial charge on any atom is -0.406 e. The smallest absolute Gasteiger partial charge is 0.406 e. The number of nitrogens with zero attached hydrogens (tertiary/aromatic N) is 2. The molecular weight excluding hydrogens is 288 g/mol. The molecule has 0 atom stereocenters. The van der Waals surface area contributed by atoms with Crippen molar-refractivity contribution in [2.75, 3.05) is 0 Å². The van der Waals surface area contributed by atoms with E-state index in [2.05, 4.69) is 9.72 Å². The van der Waals surface area contributed by atoms with Crippen LogP contribution in [-0.2, 0) is 6.42 Å². The van der Waals surface area contributed by atoms with E-state index in [9.17, 15) is 17.6 Å². The Morgan fingerprint density at radius 3 is 2.67 bits per heavy atom. The summed E-state index contributed by atoms with van der Waals surface area (Å²) >= 11 is 0. The topological polar surface area (TPSA) is 45.9 Å². The van der Waals surface area contributed by atoms with E-state index in [0.29, 0.717) is 0 Å². The van der Waals surface area contributed by atoms with E-state index in [-0.39, 0.29) is 23.2 Å². The predicted molar refractivity (Wildman–Crippen MR) is 65.6 cm³/mol. The number of hydrogen-bond acceptors (Lipinski definition) is 3. The SMILES string of the molecule is N#CCc1ccnc(-c2cccc(OC(F)(F)F)c2)c1F. The highest BCUT2D eigenvalue weighted by Crippen LogP contribution is 2.29. The summed E-state index contributed by atoms with van der Waals surface area (Å²) in [5, 5.41) is 8.60. The van der Waals surface area contributed by atoms with E-state index < -0.39 is 17.9 Å². The molecule has 0 radical (unpaired) electrons. The van der Waals surface area contributed by atoms with Crippen molar-refractivity contribution in [2.45, 2.75) is 12.8 Å². The molecule has 0 bridgehead atoms. The number of halogens is 4. The molecule has 0 amide bonds. The standard InChI is InChI=1S/C14H8F4N2O/c15-12-9(4-6-19)5-7-20-13(12)10-2-1-3-11(8-10)21-14(16,17)18/h1-3,5,7-8H,4H2. The van der Waals surface area contributed by atoms with E-state index in [1.807, 2.05) is 0 Å². The fourth-order valence-electron chi connectivity index (χ4n) is 1.75. The lowest BCUT2D eigenvalue weighted by molar-refractivity contribution is -0.274. The number of hydrogen-bond donors (Lipinski definition) is 0. The van der Waals surface area contributed by atoms with Gasteiger partial charge in [0.1, 0.15) is 11.4 Å². The maximum atomic E-state index is 14.1. The highest BCUT2D eigenvalue weighted by atomic mass is 19.4. The van der Waals surface area contributed by atoms with Gasteiger partial charge in [0.05, 0.1) is 12.5 Å². The number of rotatable bonds is 3. The molecule has 0 spiro atoms. The van der Waals surface area contributed by atoms with Gasteiger partial charge in [-0.25, -0.2) is 4.39 Å². The van der Waals surface area contributed by atoms with E-state index in [0.717, 1.165) is 12.1 Å². The van der Waals surface area contributed by atoms with Crippen molar-refractivity contribution in [3.05, 3.63) is 47.9 Å². The second kappa shape index (κ2) is 5.79. The zero-order valence-corrected chi connectivity index (χ0v) is 10.5. The van der Waals surface area contributed by atoms with Gasteiger partial charge in [-0.15, -0.1) is 13.2 Å². The summed E-state index contributed by atoms with van der Waals surface area (Å²) in [6.07, 6.45) is -3.68. The molecule has 0 saturated heterocycles. The summed E-state index contributed by atoms with van der Waals surface area (Å²) < 4.78 is 54.4. The van der Waals surface area contributed by atoms with Crippen LogP contribution in [-0.4, -0.2) is 11.3 Å². The maximum Gasteiger partial charge on any atom is 0.573 e. The number of pyridine rings is 1. The van der Waals surface area contributed by atoms with E-state index in [4.69, 9.17) is 5.26 Å². The average molecular weight is 296 g/mol. The minimum absolute atomic E-state index is 0.129. The highest BCUT2D eigenvalue weighted by Gasteiger charge is 2.31. The zero-order valence-electron chi connectivity index (χ0n) is 10.5. The Bertz CT molecular complexity index is 692. The van der Waals surface area contributed by atoms with Gasteiger partial charge in [0.15, 0.2) is 5.82 Å². The van der Waals surface area contributed by atoms with Crippen LogP contribution in [0.1, 0.15) is 5.56 Å². The summed E-state index contributed by atoms with van der Waals surface area (Å²) in [7, 11) is 0. The van der Waals surface area contributed by atoms with Gasteiger partial charge in [-0.2, -0.15) is 5.26 Å². The molecule has 0 aliphatic heterocycles. The van der Waals surface area contributed by atoms with Crippen LogP contribution >= 0.6 is 0 Å². The highest BCUT2D eigenvalue weighted by molar-refractivity contribution is 5.62. The van der Waals surface area contributed by atoms with Crippen molar-refractivity contribution >= 4 is 0 Å². The number of benzene rings is 1. The van der Waals surface area contributed by atoms with Crippen molar-refractivity contribution in [2.24, 2.45) is 0 Å². The van der Waals surface area contributed by atoms with E-state index in [1.165, 1.54) is 24.4 Å². The monoisotopic (exact) mass is 296 g/mol. The van der Waals surface area contributed by atoms with Crippen LogP contribution < -0.4 is 4.74 Å². The largest absolute Gasteiger partial charge is 0.573 e. The molecule has 3 nitrogen and oxygen atoms in total. The lowest BCUT2D eigenvalue weighted by atomic mass is 10.1.